The molecule has 146 valence electrons. The standard InChI is InChI=1S/C22H18N2O4S/c1-29(26,27)28-16-21-15-18(13-14-23-21)8-7-17-9-11-20(12-10-17)24-22(25)19-5-3-2-4-6-19/h2-6,9-15H,16H2,1H3,(H,24,25). The average Bonchev–Trinajstić information content (AvgIpc) is 2.72. The van der Waals surface area contributed by atoms with Gasteiger partial charge in [-0.1, -0.05) is 30.0 Å². The van der Waals surface area contributed by atoms with Crippen LogP contribution in [0.15, 0.2) is 72.9 Å². The molecule has 0 saturated heterocycles. The molecule has 0 bridgehead atoms. The Morgan fingerprint density at radius 3 is 2.38 bits per heavy atom. The zero-order valence-corrected chi connectivity index (χ0v) is 16.4. The predicted molar refractivity (Wildman–Crippen MR) is 111 cm³/mol. The monoisotopic (exact) mass is 406 g/mol. The summed E-state index contributed by atoms with van der Waals surface area (Å²) in [5.74, 6) is 5.85. The zero-order valence-electron chi connectivity index (χ0n) is 15.6. The number of carbonyl (C=O) groups is 1. The summed E-state index contributed by atoms with van der Waals surface area (Å²) in [6.45, 7) is -0.135. The van der Waals surface area contributed by atoms with Crippen molar-refractivity contribution < 1.29 is 17.4 Å². The van der Waals surface area contributed by atoms with Crippen molar-refractivity contribution in [2.75, 3.05) is 11.6 Å². The number of rotatable bonds is 5. The Labute approximate surface area is 169 Å². The van der Waals surface area contributed by atoms with Gasteiger partial charge in [0.2, 0.25) is 0 Å². The summed E-state index contributed by atoms with van der Waals surface area (Å²) in [4.78, 5) is 16.2. The van der Waals surface area contributed by atoms with Gasteiger partial charge in [0.1, 0.15) is 6.61 Å². The molecule has 0 unspecified atom stereocenters. The van der Waals surface area contributed by atoms with Crippen LogP contribution in [-0.2, 0) is 20.9 Å². The third-order valence-electron chi connectivity index (χ3n) is 3.77. The molecule has 0 spiro atoms. The van der Waals surface area contributed by atoms with E-state index >= 15 is 0 Å². The molecule has 1 heterocycles. The van der Waals surface area contributed by atoms with Crippen LogP contribution in [0.2, 0.25) is 0 Å². The largest absolute Gasteiger partial charge is 0.322 e. The summed E-state index contributed by atoms with van der Waals surface area (Å²) in [6, 6.07) is 19.6. The third-order valence-corrected chi connectivity index (χ3v) is 4.31. The molecule has 1 amide bonds. The van der Waals surface area contributed by atoms with Crippen LogP contribution in [0.3, 0.4) is 0 Å². The van der Waals surface area contributed by atoms with Gasteiger partial charge in [-0.15, -0.1) is 0 Å². The number of benzene rings is 2. The number of amides is 1. The van der Waals surface area contributed by atoms with E-state index in [1.54, 1.807) is 42.6 Å². The number of nitrogens with one attached hydrogen (secondary N) is 1. The molecule has 0 radical (unpaired) electrons. The van der Waals surface area contributed by atoms with Crippen LogP contribution in [0, 0.1) is 11.8 Å². The lowest BCUT2D eigenvalue weighted by molar-refractivity contribution is 0.102. The number of anilines is 1. The molecule has 0 atom stereocenters. The molecule has 6 nitrogen and oxygen atoms in total. The highest BCUT2D eigenvalue weighted by molar-refractivity contribution is 7.85. The van der Waals surface area contributed by atoms with Gasteiger partial charge in [0.05, 0.1) is 11.9 Å². The Kier molecular flexibility index (Phi) is 6.39. The van der Waals surface area contributed by atoms with Crippen molar-refractivity contribution in [3.8, 4) is 11.8 Å². The Morgan fingerprint density at radius 2 is 1.69 bits per heavy atom. The summed E-state index contributed by atoms with van der Waals surface area (Å²) in [7, 11) is -3.53. The average molecular weight is 406 g/mol. The second-order valence-corrected chi connectivity index (χ2v) is 7.79. The number of hydrogen-bond donors (Lipinski definition) is 1. The maximum atomic E-state index is 12.2. The number of carbonyl (C=O) groups excluding carboxylic acids is 1. The number of pyridine rings is 1. The first-order chi connectivity index (χ1) is 13.9. The van der Waals surface area contributed by atoms with E-state index in [1.165, 1.54) is 0 Å². The van der Waals surface area contributed by atoms with Gasteiger partial charge in [0.25, 0.3) is 16.0 Å². The molecule has 0 fully saturated rings. The molecule has 0 aliphatic carbocycles. The van der Waals surface area contributed by atoms with Crippen LogP contribution in [0.4, 0.5) is 5.69 Å². The van der Waals surface area contributed by atoms with Gasteiger partial charge in [-0.2, -0.15) is 8.42 Å². The molecular formula is C22H18N2O4S. The lowest BCUT2D eigenvalue weighted by atomic mass is 10.1. The quantitative estimate of drug-likeness (QED) is 0.519. The third kappa shape index (κ3) is 6.57. The minimum absolute atomic E-state index is 0.135. The van der Waals surface area contributed by atoms with Gasteiger partial charge < -0.3 is 5.32 Å². The van der Waals surface area contributed by atoms with Crippen molar-refractivity contribution >= 4 is 21.7 Å². The summed E-state index contributed by atoms with van der Waals surface area (Å²) < 4.78 is 26.9. The number of nitrogens with zero attached hydrogens (tertiary/aromatic N) is 1. The molecule has 1 aromatic heterocycles. The summed E-state index contributed by atoms with van der Waals surface area (Å²) in [5.41, 5.74) is 3.20. The molecule has 3 rings (SSSR count). The summed E-state index contributed by atoms with van der Waals surface area (Å²) in [6.07, 6.45) is 2.54. The van der Waals surface area contributed by atoms with Crippen molar-refractivity contribution in [3.05, 3.63) is 95.3 Å². The van der Waals surface area contributed by atoms with E-state index in [0.717, 1.165) is 11.8 Å². The molecule has 7 heteroatoms. The summed E-state index contributed by atoms with van der Waals surface area (Å²) >= 11 is 0. The van der Waals surface area contributed by atoms with Gasteiger partial charge in [0, 0.05) is 28.6 Å². The van der Waals surface area contributed by atoms with Gasteiger partial charge >= 0.3 is 0 Å². The second kappa shape index (κ2) is 9.15. The van der Waals surface area contributed by atoms with Gasteiger partial charge in [0.15, 0.2) is 0 Å². The minimum atomic E-state index is -3.53. The second-order valence-electron chi connectivity index (χ2n) is 6.15. The normalized spacial score (nSPS) is 10.7. The maximum absolute atomic E-state index is 12.2. The van der Waals surface area contributed by atoms with E-state index in [2.05, 4.69) is 22.1 Å². The zero-order chi connectivity index (χ0) is 20.7. The van der Waals surface area contributed by atoms with Crippen LogP contribution >= 0.6 is 0 Å². The lowest BCUT2D eigenvalue weighted by Crippen LogP contribution is -2.11. The van der Waals surface area contributed by atoms with Crippen molar-refractivity contribution in [2.45, 2.75) is 6.61 Å². The number of hydrogen-bond acceptors (Lipinski definition) is 5. The fourth-order valence-electron chi connectivity index (χ4n) is 2.38. The molecule has 3 aromatic rings. The van der Waals surface area contributed by atoms with E-state index in [1.807, 2.05) is 30.3 Å². The van der Waals surface area contributed by atoms with Crippen LogP contribution in [0.5, 0.6) is 0 Å². The first-order valence-corrected chi connectivity index (χ1v) is 10.5. The van der Waals surface area contributed by atoms with Crippen LogP contribution in [0.1, 0.15) is 27.2 Å². The maximum Gasteiger partial charge on any atom is 0.264 e. The molecule has 29 heavy (non-hydrogen) atoms. The molecule has 1 N–H and O–H groups in total. The molecule has 0 aliphatic heterocycles. The highest BCUT2D eigenvalue weighted by atomic mass is 32.2. The van der Waals surface area contributed by atoms with Gasteiger partial charge in [-0.05, 0) is 48.5 Å². The molecule has 2 aromatic carbocycles. The smallest absolute Gasteiger partial charge is 0.264 e. The molecule has 0 saturated carbocycles. The first kappa shape index (κ1) is 20.3. The van der Waals surface area contributed by atoms with E-state index in [4.69, 9.17) is 4.18 Å². The topological polar surface area (TPSA) is 85.4 Å². The minimum Gasteiger partial charge on any atom is -0.322 e. The van der Waals surface area contributed by atoms with Crippen LogP contribution in [-0.4, -0.2) is 25.6 Å². The Morgan fingerprint density at radius 1 is 1.00 bits per heavy atom. The van der Waals surface area contributed by atoms with E-state index in [9.17, 15) is 13.2 Å². The van der Waals surface area contributed by atoms with Crippen molar-refractivity contribution in [1.82, 2.24) is 4.98 Å². The lowest BCUT2D eigenvalue weighted by Gasteiger charge is -2.05. The van der Waals surface area contributed by atoms with E-state index in [0.29, 0.717) is 22.5 Å². The Balaban J connectivity index is 1.65. The van der Waals surface area contributed by atoms with E-state index in [-0.39, 0.29) is 12.5 Å². The van der Waals surface area contributed by atoms with Gasteiger partial charge in [-0.25, -0.2) is 0 Å². The van der Waals surface area contributed by atoms with Crippen LogP contribution < -0.4 is 5.32 Å². The van der Waals surface area contributed by atoms with Gasteiger partial charge in [-0.3, -0.25) is 14.0 Å². The fourth-order valence-corrected chi connectivity index (χ4v) is 2.71. The fraction of sp³-hybridized carbons (Fsp3) is 0.0909. The SMILES string of the molecule is CS(=O)(=O)OCc1cc(C#Cc2ccc(NC(=O)c3ccccc3)cc2)ccn1. The van der Waals surface area contributed by atoms with Crippen molar-refractivity contribution in [1.29, 1.82) is 0 Å². The Bertz CT molecular complexity index is 1160. The predicted octanol–water partition coefficient (Wildman–Crippen LogP) is 3.21. The number of aromatic nitrogens is 1. The Hall–Kier alpha value is -3.47. The first-order valence-electron chi connectivity index (χ1n) is 8.67. The highest BCUT2D eigenvalue weighted by Gasteiger charge is 2.05. The highest BCUT2D eigenvalue weighted by Crippen LogP contribution is 2.11. The van der Waals surface area contributed by atoms with Crippen molar-refractivity contribution in [2.24, 2.45) is 0 Å². The molecular weight excluding hydrogens is 388 g/mol. The summed E-state index contributed by atoms with van der Waals surface area (Å²) in [5, 5.41) is 2.83. The molecule has 0 aliphatic rings. The van der Waals surface area contributed by atoms with E-state index < -0.39 is 10.1 Å². The van der Waals surface area contributed by atoms with Crippen LogP contribution in [0.25, 0.3) is 0 Å². The van der Waals surface area contributed by atoms with Crippen molar-refractivity contribution in [3.63, 3.8) is 0 Å².